The highest BCUT2D eigenvalue weighted by atomic mass is 16.6. The Labute approximate surface area is 253 Å². The number of carbonyl (C=O) groups excluding carboxylic acids is 2. The number of carboxylic acids is 2. The predicted octanol–water partition coefficient (Wildman–Crippen LogP) is 4.62. The zero-order valence-electron chi connectivity index (χ0n) is 23.5. The maximum Gasteiger partial charge on any atom is 0.349 e. The molecule has 4 rings (SSSR count). The predicted molar refractivity (Wildman–Crippen MR) is 157 cm³/mol. The number of carboxylic acid groups (broad SMARTS) is 2. The van der Waals surface area contributed by atoms with Crippen LogP contribution in [0.3, 0.4) is 0 Å². The van der Waals surface area contributed by atoms with E-state index in [2.05, 4.69) is 0 Å². The van der Waals surface area contributed by atoms with Crippen molar-refractivity contribution in [3.63, 3.8) is 0 Å². The Morgan fingerprint density at radius 3 is 1.14 bits per heavy atom. The Bertz CT molecular complexity index is 1420. The summed E-state index contributed by atoms with van der Waals surface area (Å²) < 4.78 is 21.3. The standard InChI is InChI=1S/C34H30O10/c35-29(19-23-11-15-27(16-12-23)41-21-25-7-3-1-4-8-25)43-31(33(37)38)32(34(39)40)44-30(36)20-24-13-17-28(18-14-24)42-22-26-9-5-2-6-10-26/h1-18,31-32H,19-22H2,(H,37,38)(H,39,40)/t31-,32-/m1/s1. The van der Waals surface area contributed by atoms with E-state index in [0.29, 0.717) is 35.8 Å². The fraction of sp³-hybridized carbons (Fsp3) is 0.176. The molecule has 0 aliphatic carbocycles. The molecule has 2 N–H and O–H groups in total. The van der Waals surface area contributed by atoms with Gasteiger partial charge in [0.15, 0.2) is 0 Å². The average molecular weight is 599 g/mol. The first-order valence-electron chi connectivity index (χ1n) is 13.6. The Morgan fingerprint density at radius 2 is 0.818 bits per heavy atom. The average Bonchev–Trinajstić information content (AvgIpc) is 3.03. The van der Waals surface area contributed by atoms with Crippen LogP contribution in [0.4, 0.5) is 0 Å². The van der Waals surface area contributed by atoms with Crippen molar-refractivity contribution in [2.24, 2.45) is 0 Å². The van der Waals surface area contributed by atoms with Crippen LogP contribution in [0, 0.1) is 0 Å². The molecule has 0 saturated carbocycles. The van der Waals surface area contributed by atoms with Crippen molar-refractivity contribution in [1.29, 1.82) is 0 Å². The van der Waals surface area contributed by atoms with Crippen molar-refractivity contribution in [3.8, 4) is 11.5 Å². The van der Waals surface area contributed by atoms with Crippen molar-refractivity contribution in [2.45, 2.75) is 38.3 Å². The molecule has 10 heteroatoms. The van der Waals surface area contributed by atoms with Gasteiger partial charge in [-0.1, -0.05) is 84.9 Å². The summed E-state index contributed by atoms with van der Waals surface area (Å²) in [7, 11) is 0. The van der Waals surface area contributed by atoms with E-state index in [0.717, 1.165) is 11.1 Å². The molecule has 0 spiro atoms. The third kappa shape index (κ3) is 9.73. The minimum Gasteiger partial charge on any atom is -0.489 e. The molecule has 0 fully saturated rings. The monoisotopic (exact) mass is 598 g/mol. The van der Waals surface area contributed by atoms with Crippen LogP contribution < -0.4 is 9.47 Å². The molecular formula is C34H30O10. The van der Waals surface area contributed by atoms with Crippen LogP contribution >= 0.6 is 0 Å². The lowest BCUT2D eigenvalue weighted by molar-refractivity contribution is -0.187. The van der Waals surface area contributed by atoms with Gasteiger partial charge in [0.25, 0.3) is 0 Å². The second-order valence-electron chi connectivity index (χ2n) is 9.69. The molecule has 0 radical (unpaired) electrons. The minimum atomic E-state index is -2.26. The van der Waals surface area contributed by atoms with Crippen LogP contribution in [0.2, 0.25) is 0 Å². The van der Waals surface area contributed by atoms with Gasteiger partial charge in [0.1, 0.15) is 24.7 Å². The molecule has 0 aromatic heterocycles. The lowest BCUT2D eigenvalue weighted by Crippen LogP contribution is -2.46. The molecule has 4 aromatic rings. The number of rotatable bonds is 15. The molecule has 0 heterocycles. The number of benzene rings is 4. The lowest BCUT2D eigenvalue weighted by atomic mass is 10.1. The Hall–Kier alpha value is -5.64. The van der Waals surface area contributed by atoms with Gasteiger partial charge in [0.05, 0.1) is 12.8 Å². The molecule has 226 valence electrons. The van der Waals surface area contributed by atoms with Crippen molar-refractivity contribution >= 4 is 23.9 Å². The van der Waals surface area contributed by atoms with Gasteiger partial charge in [-0.3, -0.25) is 9.59 Å². The molecule has 0 amide bonds. The summed E-state index contributed by atoms with van der Waals surface area (Å²) in [6.07, 6.45) is -5.21. The molecule has 10 nitrogen and oxygen atoms in total. The zero-order valence-corrected chi connectivity index (χ0v) is 23.5. The highest BCUT2D eigenvalue weighted by Crippen LogP contribution is 2.18. The fourth-order valence-corrected chi connectivity index (χ4v) is 4.07. The lowest BCUT2D eigenvalue weighted by Gasteiger charge is -2.21. The SMILES string of the molecule is O=C(Cc1ccc(OCc2ccccc2)cc1)O[C@@H](C(=O)O)[C@@H](OC(=O)Cc1ccc(OCc2ccccc2)cc1)C(=O)O. The van der Waals surface area contributed by atoms with Gasteiger partial charge in [0, 0.05) is 0 Å². The Morgan fingerprint density at radius 1 is 0.477 bits per heavy atom. The van der Waals surface area contributed by atoms with Gasteiger partial charge in [-0.05, 0) is 46.5 Å². The molecule has 0 aliphatic rings. The van der Waals surface area contributed by atoms with Crippen molar-refractivity contribution < 1.29 is 48.3 Å². The number of aliphatic carboxylic acids is 2. The van der Waals surface area contributed by atoms with Crippen LogP contribution in [-0.2, 0) is 54.7 Å². The minimum absolute atomic E-state index is 0.346. The summed E-state index contributed by atoms with van der Waals surface area (Å²) in [6, 6.07) is 32.1. The van der Waals surface area contributed by atoms with E-state index in [1.807, 2.05) is 60.7 Å². The van der Waals surface area contributed by atoms with Gasteiger partial charge in [-0.25, -0.2) is 9.59 Å². The first kappa shape index (κ1) is 31.3. The van der Waals surface area contributed by atoms with Crippen LogP contribution in [0.1, 0.15) is 22.3 Å². The molecule has 0 bridgehead atoms. The number of ether oxygens (including phenoxy) is 4. The summed E-state index contributed by atoms with van der Waals surface area (Å²) in [5.41, 5.74) is 2.92. The second-order valence-corrected chi connectivity index (χ2v) is 9.69. The number of hydrogen-bond acceptors (Lipinski definition) is 8. The van der Waals surface area contributed by atoms with Crippen LogP contribution in [0.25, 0.3) is 0 Å². The quantitative estimate of drug-likeness (QED) is 0.186. The van der Waals surface area contributed by atoms with Gasteiger partial charge < -0.3 is 29.2 Å². The zero-order chi connectivity index (χ0) is 31.3. The van der Waals surface area contributed by atoms with Gasteiger partial charge in [-0.15, -0.1) is 0 Å². The maximum absolute atomic E-state index is 12.5. The summed E-state index contributed by atoms with van der Waals surface area (Å²) in [5, 5.41) is 19.2. The first-order valence-corrected chi connectivity index (χ1v) is 13.6. The smallest absolute Gasteiger partial charge is 0.349 e. The number of hydrogen-bond donors (Lipinski definition) is 2. The van der Waals surface area contributed by atoms with E-state index in [1.54, 1.807) is 48.5 Å². The highest BCUT2D eigenvalue weighted by Gasteiger charge is 2.40. The molecular weight excluding hydrogens is 568 g/mol. The molecule has 0 unspecified atom stereocenters. The molecule has 2 atom stereocenters. The second kappa shape index (κ2) is 15.5. The molecule has 0 saturated heterocycles. The van der Waals surface area contributed by atoms with Crippen molar-refractivity contribution in [2.75, 3.05) is 0 Å². The Balaban J connectivity index is 1.29. The summed E-state index contributed by atoms with van der Waals surface area (Å²) in [5.74, 6) is -4.46. The van der Waals surface area contributed by atoms with Crippen LogP contribution in [0.15, 0.2) is 109 Å². The van der Waals surface area contributed by atoms with Gasteiger partial charge in [0.2, 0.25) is 12.2 Å². The summed E-state index contributed by atoms with van der Waals surface area (Å²) in [4.78, 5) is 48.8. The van der Waals surface area contributed by atoms with E-state index in [-0.39, 0.29) is 12.8 Å². The molecule has 44 heavy (non-hydrogen) atoms. The van der Waals surface area contributed by atoms with Crippen molar-refractivity contribution in [1.82, 2.24) is 0 Å². The van der Waals surface area contributed by atoms with E-state index >= 15 is 0 Å². The summed E-state index contributed by atoms with van der Waals surface area (Å²) >= 11 is 0. The third-order valence-corrected chi connectivity index (χ3v) is 6.32. The van der Waals surface area contributed by atoms with Crippen LogP contribution in [-0.4, -0.2) is 46.3 Å². The van der Waals surface area contributed by atoms with E-state index in [4.69, 9.17) is 18.9 Å². The topological polar surface area (TPSA) is 146 Å². The third-order valence-electron chi connectivity index (χ3n) is 6.32. The molecule has 4 aromatic carbocycles. The van der Waals surface area contributed by atoms with E-state index in [1.165, 1.54) is 0 Å². The maximum atomic E-state index is 12.5. The number of carbonyl (C=O) groups is 4. The van der Waals surface area contributed by atoms with E-state index in [9.17, 15) is 29.4 Å². The first-order chi connectivity index (χ1) is 21.3. The number of esters is 2. The normalized spacial score (nSPS) is 11.9. The van der Waals surface area contributed by atoms with Crippen molar-refractivity contribution in [3.05, 3.63) is 131 Å². The van der Waals surface area contributed by atoms with Gasteiger partial charge >= 0.3 is 23.9 Å². The summed E-state index contributed by atoms with van der Waals surface area (Å²) in [6.45, 7) is 0.707. The van der Waals surface area contributed by atoms with Gasteiger partial charge in [-0.2, -0.15) is 0 Å². The van der Waals surface area contributed by atoms with E-state index < -0.39 is 36.1 Å². The Kier molecular flexibility index (Phi) is 11.1. The molecule has 0 aliphatic heterocycles. The highest BCUT2D eigenvalue weighted by molar-refractivity contribution is 5.88. The largest absolute Gasteiger partial charge is 0.489 e. The fourth-order valence-electron chi connectivity index (χ4n) is 4.07. The van der Waals surface area contributed by atoms with Crippen LogP contribution in [0.5, 0.6) is 11.5 Å².